The van der Waals surface area contributed by atoms with Crippen molar-refractivity contribution < 1.29 is 9.72 Å². The van der Waals surface area contributed by atoms with E-state index in [0.29, 0.717) is 16.7 Å². The zero-order valence-electron chi connectivity index (χ0n) is 7.70. The number of halogens is 1. The highest BCUT2D eigenvalue weighted by Gasteiger charge is 2.15. The van der Waals surface area contributed by atoms with E-state index in [1.54, 1.807) is 13.8 Å². The first-order chi connectivity index (χ1) is 6.43. The van der Waals surface area contributed by atoms with E-state index in [9.17, 15) is 14.9 Å². The van der Waals surface area contributed by atoms with Crippen molar-refractivity contribution in [3.8, 4) is 0 Å². The van der Waals surface area contributed by atoms with Gasteiger partial charge < -0.3 is 0 Å². The van der Waals surface area contributed by atoms with Gasteiger partial charge in [0.15, 0.2) is 0 Å². The summed E-state index contributed by atoms with van der Waals surface area (Å²) in [5.74, 6) is 0. The lowest BCUT2D eigenvalue weighted by Gasteiger charge is -2.02. The quantitative estimate of drug-likeness (QED) is 0.431. The summed E-state index contributed by atoms with van der Waals surface area (Å²) in [6.45, 7) is 3.18. The Balaban J connectivity index is 3.38. The van der Waals surface area contributed by atoms with Crippen LogP contribution in [0.5, 0.6) is 0 Å². The standard InChI is InChI=1S/C9H8ClNO3/c1-5-4-8(11(13)14)6(2)3-7(5)9(10)12/h3-4H,1-2H3. The van der Waals surface area contributed by atoms with Gasteiger partial charge in [-0.15, -0.1) is 0 Å². The first kappa shape index (κ1) is 10.7. The van der Waals surface area contributed by atoms with Crippen molar-refractivity contribution >= 4 is 22.5 Å². The highest BCUT2D eigenvalue weighted by atomic mass is 35.5. The molecule has 0 saturated heterocycles. The lowest BCUT2D eigenvalue weighted by molar-refractivity contribution is -0.385. The van der Waals surface area contributed by atoms with E-state index in [4.69, 9.17) is 11.6 Å². The third kappa shape index (κ3) is 1.90. The normalized spacial score (nSPS) is 9.93. The second-order valence-electron chi connectivity index (χ2n) is 2.98. The average Bonchev–Trinajstić information content (AvgIpc) is 2.07. The van der Waals surface area contributed by atoms with Crippen molar-refractivity contribution in [3.05, 3.63) is 38.9 Å². The maximum Gasteiger partial charge on any atom is 0.272 e. The predicted molar refractivity (Wildman–Crippen MR) is 52.8 cm³/mol. The molecule has 0 amide bonds. The van der Waals surface area contributed by atoms with Crippen LogP contribution in [0.15, 0.2) is 12.1 Å². The molecule has 0 N–H and O–H groups in total. The Bertz CT molecular complexity index is 375. The summed E-state index contributed by atoms with van der Waals surface area (Å²) in [6.07, 6.45) is 0. The Hall–Kier alpha value is -1.42. The molecule has 4 nitrogen and oxygen atoms in total. The summed E-state index contributed by atoms with van der Waals surface area (Å²) in [6, 6.07) is 2.79. The van der Waals surface area contributed by atoms with E-state index in [0.717, 1.165) is 0 Å². The molecule has 0 saturated carbocycles. The van der Waals surface area contributed by atoms with E-state index in [2.05, 4.69) is 0 Å². The number of nitrogens with zero attached hydrogens (tertiary/aromatic N) is 1. The minimum Gasteiger partial charge on any atom is -0.276 e. The maximum absolute atomic E-state index is 10.9. The van der Waals surface area contributed by atoms with Crippen LogP contribution in [0.1, 0.15) is 21.5 Å². The summed E-state index contributed by atoms with van der Waals surface area (Å²) in [5, 5.41) is 9.95. The van der Waals surface area contributed by atoms with Gasteiger partial charge >= 0.3 is 0 Å². The molecule has 74 valence electrons. The van der Waals surface area contributed by atoms with Crippen LogP contribution in [0.3, 0.4) is 0 Å². The molecular weight excluding hydrogens is 206 g/mol. The fourth-order valence-corrected chi connectivity index (χ4v) is 1.41. The zero-order chi connectivity index (χ0) is 10.9. The highest BCUT2D eigenvalue weighted by Crippen LogP contribution is 2.23. The number of hydrogen-bond acceptors (Lipinski definition) is 3. The molecule has 0 fully saturated rings. The smallest absolute Gasteiger partial charge is 0.272 e. The van der Waals surface area contributed by atoms with Gasteiger partial charge in [0.25, 0.3) is 10.9 Å². The van der Waals surface area contributed by atoms with Crippen LogP contribution >= 0.6 is 11.6 Å². The molecule has 0 radical (unpaired) electrons. The van der Waals surface area contributed by atoms with Gasteiger partial charge in [0.1, 0.15) is 0 Å². The van der Waals surface area contributed by atoms with Gasteiger partial charge in [-0.25, -0.2) is 0 Å². The minimum atomic E-state index is -0.597. The fraction of sp³-hybridized carbons (Fsp3) is 0.222. The van der Waals surface area contributed by atoms with E-state index >= 15 is 0 Å². The van der Waals surface area contributed by atoms with Crippen LogP contribution in [-0.4, -0.2) is 10.2 Å². The van der Waals surface area contributed by atoms with Crippen LogP contribution in [0, 0.1) is 24.0 Å². The predicted octanol–water partition coefficient (Wildman–Crippen LogP) is 2.59. The van der Waals surface area contributed by atoms with Gasteiger partial charge in [0, 0.05) is 17.2 Å². The number of hydrogen-bond donors (Lipinski definition) is 0. The van der Waals surface area contributed by atoms with Gasteiger partial charge in [0.2, 0.25) is 0 Å². The van der Waals surface area contributed by atoms with Gasteiger partial charge in [0.05, 0.1) is 4.92 Å². The number of rotatable bonds is 2. The summed E-state index contributed by atoms with van der Waals surface area (Å²) < 4.78 is 0. The van der Waals surface area contributed by atoms with Gasteiger partial charge in [-0.1, -0.05) is 0 Å². The topological polar surface area (TPSA) is 60.2 Å². The summed E-state index contributed by atoms with van der Waals surface area (Å²) >= 11 is 5.30. The number of nitro benzene ring substituents is 1. The molecule has 1 aromatic carbocycles. The molecule has 1 aromatic rings. The third-order valence-electron chi connectivity index (χ3n) is 1.95. The van der Waals surface area contributed by atoms with Crippen molar-refractivity contribution in [2.75, 3.05) is 0 Å². The van der Waals surface area contributed by atoms with Crippen LogP contribution in [-0.2, 0) is 0 Å². The molecule has 0 spiro atoms. The summed E-state index contributed by atoms with van der Waals surface area (Å²) in [4.78, 5) is 21.0. The maximum atomic E-state index is 10.9. The Labute approximate surface area is 85.6 Å². The number of carbonyl (C=O) groups is 1. The molecule has 0 aliphatic rings. The molecule has 1 rings (SSSR count). The Morgan fingerprint density at radius 2 is 1.93 bits per heavy atom. The van der Waals surface area contributed by atoms with Crippen molar-refractivity contribution in [1.82, 2.24) is 0 Å². The monoisotopic (exact) mass is 213 g/mol. The molecule has 0 aliphatic heterocycles. The molecule has 0 unspecified atom stereocenters. The van der Waals surface area contributed by atoms with E-state index in [1.807, 2.05) is 0 Å². The van der Waals surface area contributed by atoms with E-state index < -0.39 is 10.2 Å². The van der Waals surface area contributed by atoms with Crippen LogP contribution in [0.2, 0.25) is 0 Å². The Kier molecular flexibility index (Phi) is 2.86. The molecule has 0 atom stereocenters. The first-order valence-corrected chi connectivity index (χ1v) is 4.26. The number of aryl methyl sites for hydroxylation is 2. The Morgan fingerprint density at radius 1 is 1.36 bits per heavy atom. The van der Waals surface area contributed by atoms with Crippen LogP contribution < -0.4 is 0 Å². The molecule has 5 heteroatoms. The molecule has 14 heavy (non-hydrogen) atoms. The van der Waals surface area contributed by atoms with Gasteiger partial charge in [-0.3, -0.25) is 14.9 Å². The molecule has 0 aromatic heterocycles. The lowest BCUT2D eigenvalue weighted by Crippen LogP contribution is -1.98. The fourth-order valence-electron chi connectivity index (χ4n) is 1.21. The Morgan fingerprint density at radius 3 is 2.36 bits per heavy atom. The van der Waals surface area contributed by atoms with Crippen LogP contribution in [0.4, 0.5) is 5.69 Å². The molecule has 0 heterocycles. The number of nitro groups is 1. The average molecular weight is 214 g/mol. The minimum absolute atomic E-state index is 0.00386. The van der Waals surface area contributed by atoms with Gasteiger partial charge in [-0.05, 0) is 37.1 Å². The summed E-state index contributed by atoms with van der Waals surface area (Å²) in [7, 11) is 0. The lowest BCUT2D eigenvalue weighted by atomic mass is 10.0. The second kappa shape index (κ2) is 3.75. The largest absolute Gasteiger partial charge is 0.276 e. The molecule has 0 bridgehead atoms. The molecular formula is C9H8ClNO3. The van der Waals surface area contributed by atoms with Gasteiger partial charge in [-0.2, -0.15) is 0 Å². The summed E-state index contributed by atoms with van der Waals surface area (Å²) in [5.41, 5.74) is 1.27. The van der Waals surface area contributed by atoms with Crippen molar-refractivity contribution in [2.45, 2.75) is 13.8 Å². The van der Waals surface area contributed by atoms with Crippen molar-refractivity contribution in [2.24, 2.45) is 0 Å². The third-order valence-corrected chi connectivity index (χ3v) is 2.15. The van der Waals surface area contributed by atoms with Crippen molar-refractivity contribution in [3.63, 3.8) is 0 Å². The highest BCUT2D eigenvalue weighted by molar-refractivity contribution is 6.67. The second-order valence-corrected chi connectivity index (χ2v) is 3.33. The SMILES string of the molecule is Cc1cc([N+](=O)[O-])c(C)cc1C(=O)Cl. The first-order valence-electron chi connectivity index (χ1n) is 3.89. The number of benzene rings is 1. The van der Waals surface area contributed by atoms with Crippen molar-refractivity contribution in [1.29, 1.82) is 0 Å². The van der Waals surface area contributed by atoms with E-state index in [1.165, 1.54) is 12.1 Å². The van der Waals surface area contributed by atoms with Crippen LogP contribution in [0.25, 0.3) is 0 Å². The molecule has 0 aliphatic carbocycles. The number of carbonyl (C=O) groups excluding carboxylic acids is 1. The zero-order valence-corrected chi connectivity index (χ0v) is 8.46. The van der Waals surface area contributed by atoms with E-state index in [-0.39, 0.29) is 5.69 Å².